The summed E-state index contributed by atoms with van der Waals surface area (Å²) in [6.07, 6.45) is 6.50. The van der Waals surface area contributed by atoms with Crippen molar-refractivity contribution in [3.8, 4) is 0 Å². The van der Waals surface area contributed by atoms with E-state index in [9.17, 15) is 10.2 Å². The van der Waals surface area contributed by atoms with Gasteiger partial charge in [0.1, 0.15) is 0 Å². The predicted octanol–water partition coefficient (Wildman–Crippen LogP) is 1.66. The summed E-state index contributed by atoms with van der Waals surface area (Å²) in [4.78, 5) is 0. The van der Waals surface area contributed by atoms with Crippen LogP contribution in [0.15, 0.2) is 0 Å². The second kappa shape index (κ2) is 3.74. The predicted molar refractivity (Wildman–Crippen MR) is 58.2 cm³/mol. The standard InChI is InChI=1S/C13H22O2/c14-6-8-3-12-9-1-2-11(13(12)4-8)10(5-9)7-15/h8-15H,1-7H2. The maximum absolute atomic E-state index is 9.41. The van der Waals surface area contributed by atoms with Crippen LogP contribution >= 0.6 is 0 Å². The molecule has 2 nitrogen and oxygen atoms in total. The summed E-state index contributed by atoms with van der Waals surface area (Å²) >= 11 is 0. The molecule has 2 bridgehead atoms. The number of fused-ring (bicyclic) bond motifs is 2. The van der Waals surface area contributed by atoms with E-state index < -0.39 is 0 Å². The van der Waals surface area contributed by atoms with Gasteiger partial charge in [0, 0.05) is 13.2 Å². The van der Waals surface area contributed by atoms with Crippen LogP contribution in [0, 0.1) is 35.5 Å². The van der Waals surface area contributed by atoms with Gasteiger partial charge in [-0.3, -0.25) is 0 Å². The highest BCUT2D eigenvalue weighted by molar-refractivity contribution is 5.01. The molecule has 4 saturated carbocycles. The van der Waals surface area contributed by atoms with Crippen LogP contribution in [-0.2, 0) is 0 Å². The van der Waals surface area contributed by atoms with Gasteiger partial charge >= 0.3 is 0 Å². The van der Waals surface area contributed by atoms with Crippen LogP contribution in [0.25, 0.3) is 0 Å². The SMILES string of the molecule is OCC1CC2C3CCC(C(CO)C3)C2C1. The fraction of sp³-hybridized carbons (Fsp3) is 1.00. The van der Waals surface area contributed by atoms with Gasteiger partial charge in [-0.15, -0.1) is 0 Å². The molecule has 4 aliphatic carbocycles. The van der Waals surface area contributed by atoms with Gasteiger partial charge in [-0.2, -0.15) is 0 Å². The average molecular weight is 210 g/mol. The Morgan fingerprint density at radius 1 is 0.800 bits per heavy atom. The minimum absolute atomic E-state index is 0.385. The third-order valence-electron chi connectivity index (χ3n) is 5.49. The monoisotopic (exact) mass is 210 g/mol. The van der Waals surface area contributed by atoms with Crippen molar-refractivity contribution in [2.75, 3.05) is 13.2 Å². The van der Waals surface area contributed by atoms with E-state index in [2.05, 4.69) is 0 Å². The molecule has 0 aromatic carbocycles. The van der Waals surface area contributed by atoms with Crippen molar-refractivity contribution < 1.29 is 10.2 Å². The van der Waals surface area contributed by atoms with E-state index in [1.807, 2.05) is 0 Å². The molecule has 0 aromatic rings. The van der Waals surface area contributed by atoms with E-state index in [0.717, 1.165) is 23.7 Å². The molecule has 2 heteroatoms. The van der Waals surface area contributed by atoms with Crippen LogP contribution < -0.4 is 0 Å². The molecule has 0 saturated heterocycles. The van der Waals surface area contributed by atoms with E-state index in [-0.39, 0.29) is 0 Å². The van der Waals surface area contributed by atoms with Crippen molar-refractivity contribution in [3.05, 3.63) is 0 Å². The lowest BCUT2D eigenvalue weighted by Crippen LogP contribution is -2.43. The zero-order valence-corrected chi connectivity index (χ0v) is 9.31. The fourth-order valence-electron chi connectivity index (χ4n) is 4.89. The molecule has 6 unspecified atom stereocenters. The van der Waals surface area contributed by atoms with Crippen LogP contribution in [-0.4, -0.2) is 23.4 Å². The Kier molecular flexibility index (Phi) is 2.52. The van der Waals surface area contributed by atoms with Crippen LogP contribution in [0.3, 0.4) is 0 Å². The molecule has 4 rings (SSSR count). The first-order valence-electron chi connectivity index (χ1n) is 6.55. The highest BCUT2D eigenvalue weighted by atomic mass is 16.3. The van der Waals surface area contributed by atoms with Crippen molar-refractivity contribution in [1.82, 2.24) is 0 Å². The molecular formula is C13H22O2. The Morgan fingerprint density at radius 2 is 1.60 bits per heavy atom. The first-order chi connectivity index (χ1) is 7.33. The molecular weight excluding hydrogens is 188 g/mol. The van der Waals surface area contributed by atoms with E-state index in [0.29, 0.717) is 25.0 Å². The summed E-state index contributed by atoms with van der Waals surface area (Å²) in [5.41, 5.74) is 0. The summed E-state index contributed by atoms with van der Waals surface area (Å²) < 4.78 is 0. The lowest BCUT2D eigenvalue weighted by Gasteiger charge is -2.50. The normalized spacial score (nSPS) is 53.2. The van der Waals surface area contributed by atoms with Crippen molar-refractivity contribution in [2.24, 2.45) is 35.5 Å². The van der Waals surface area contributed by atoms with Gasteiger partial charge in [-0.25, -0.2) is 0 Å². The minimum Gasteiger partial charge on any atom is -0.396 e. The first-order valence-corrected chi connectivity index (χ1v) is 6.55. The average Bonchev–Trinajstić information content (AvgIpc) is 2.74. The molecule has 0 heterocycles. The van der Waals surface area contributed by atoms with Crippen LogP contribution in [0.1, 0.15) is 32.1 Å². The van der Waals surface area contributed by atoms with Crippen molar-refractivity contribution in [3.63, 3.8) is 0 Å². The topological polar surface area (TPSA) is 40.5 Å². The van der Waals surface area contributed by atoms with Gasteiger partial charge in [0.2, 0.25) is 0 Å². The third-order valence-corrected chi connectivity index (χ3v) is 5.49. The molecule has 0 aliphatic heterocycles. The number of hydrogen-bond acceptors (Lipinski definition) is 2. The minimum atomic E-state index is 0.385. The van der Waals surface area contributed by atoms with E-state index in [4.69, 9.17) is 0 Å². The molecule has 6 atom stereocenters. The van der Waals surface area contributed by atoms with Crippen molar-refractivity contribution in [2.45, 2.75) is 32.1 Å². The number of aliphatic hydroxyl groups is 2. The molecule has 2 N–H and O–H groups in total. The third kappa shape index (κ3) is 1.45. The number of hydrogen-bond donors (Lipinski definition) is 2. The quantitative estimate of drug-likeness (QED) is 0.727. The van der Waals surface area contributed by atoms with E-state index in [1.54, 1.807) is 0 Å². The largest absolute Gasteiger partial charge is 0.396 e. The molecule has 0 radical (unpaired) electrons. The van der Waals surface area contributed by atoms with Gasteiger partial charge in [0.05, 0.1) is 0 Å². The zero-order chi connectivity index (χ0) is 10.4. The Bertz CT molecular complexity index is 241. The molecule has 15 heavy (non-hydrogen) atoms. The van der Waals surface area contributed by atoms with Gasteiger partial charge in [-0.05, 0) is 67.6 Å². The lowest BCUT2D eigenvalue weighted by atomic mass is 9.56. The second-order valence-corrected chi connectivity index (χ2v) is 6.03. The first kappa shape index (κ1) is 10.1. The molecule has 4 aliphatic rings. The zero-order valence-electron chi connectivity index (χ0n) is 9.31. The van der Waals surface area contributed by atoms with Crippen molar-refractivity contribution in [1.29, 1.82) is 0 Å². The number of rotatable bonds is 2. The van der Waals surface area contributed by atoms with Gasteiger partial charge in [0.25, 0.3) is 0 Å². The number of aliphatic hydroxyl groups excluding tert-OH is 2. The molecule has 0 amide bonds. The summed E-state index contributed by atoms with van der Waals surface area (Å²) in [6.45, 7) is 0.782. The fourth-order valence-corrected chi connectivity index (χ4v) is 4.89. The summed E-state index contributed by atoms with van der Waals surface area (Å²) in [7, 11) is 0. The highest BCUT2D eigenvalue weighted by Crippen LogP contribution is 2.58. The second-order valence-electron chi connectivity index (χ2n) is 6.03. The van der Waals surface area contributed by atoms with E-state index >= 15 is 0 Å². The van der Waals surface area contributed by atoms with Gasteiger partial charge in [-0.1, -0.05) is 0 Å². The Morgan fingerprint density at radius 3 is 2.33 bits per heavy atom. The molecule has 86 valence electrons. The molecule has 4 fully saturated rings. The molecule has 0 aromatic heterocycles. The molecule has 0 spiro atoms. The van der Waals surface area contributed by atoms with Gasteiger partial charge < -0.3 is 10.2 Å². The summed E-state index contributed by atoms with van der Waals surface area (Å²) in [6, 6.07) is 0. The van der Waals surface area contributed by atoms with Crippen LogP contribution in [0.4, 0.5) is 0 Å². The Hall–Kier alpha value is -0.0800. The van der Waals surface area contributed by atoms with Crippen LogP contribution in [0.5, 0.6) is 0 Å². The summed E-state index contributed by atoms with van der Waals surface area (Å²) in [5, 5.41) is 18.7. The lowest BCUT2D eigenvalue weighted by molar-refractivity contribution is -0.0288. The Balaban J connectivity index is 1.79. The van der Waals surface area contributed by atoms with E-state index in [1.165, 1.54) is 32.1 Å². The Labute approximate surface area is 91.7 Å². The summed E-state index contributed by atoms with van der Waals surface area (Å²) in [5.74, 6) is 4.54. The maximum atomic E-state index is 9.41. The maximum Gasteiger partial charge on any atom is 0.0462 e. The van der Waals surface area contributed by atoms with Gasteiger partial charge in [0.15, 0.2) is 0 Å². The highest BCUT2D eigenvalue weighted by Gasteiger charge is 2.51. The smallest absolute Gasteiger partial charge is 0.0462 e. The van der Waals surface area contributed by atoms with Crippen LogP contribution in [0.2, 0.25) is 0 Å². The van der Waals surface area contributed by atoms with Crippen molar-refractivity contribution >= 4 is 0 Å².